The maximum Gasteiger partial charge on any atom is 0.0930 e. The molecule has 1 aliphatic heterocycles. The van der Waals surface area contributed by atoms with Crippen LogP contribution in [0, 0.1) is 0 Å². The lowest BCUT2D eigenvalue weighted by Gasteiger charge is -2.07. The average Bonchev–Trinajstić information content (AvgIpc) is 2.48. The molecule has 3 heteroatoms. The summed E-state index contributed by atoms with van der Waals surface area (Å²) in [5.41, 5.74) is 4.49. The molecule has 0 aromatic heterocycles. The van der Waals surface area contributed by atoms with E-state index in [0.29, 0.717) is 0 Å². The summed E-state index contributed by atoms with van der Waals surface area (Å²) in [7, 11) is 0. The summed E-state index contributed by atoms with van der Waals surface area (Å²) in [4.78, 5) is 4.37. The Morgan fingerprint density at radius 2 is 1.50 bits per heavy atom. The first kappa shape index (κ1) is 10.7. The third-order valence-corrected chi connectivity index (χ3v) is 2.54. The van der Waals surface area contributed by atoms with Crippen LogP contribution in [0.5, 0.6) is 0 Å². The Bertz CT molecular complexity index is 535. The molecule has 0 bridgehead atoms. The number of fused-ring (bicyclic) bond motifs is 3. The van der Waals surface area contributed by atoms with Gasteiger partial charge in [0, 0.05) is 16.8 Å². The van der Waals surface area contributed by atoms with Gasteiger partial charge in [0.2, 0.25) is 0 Å². The number of nitrogens with one attached hydrogen (secondary N) is 1. The van der Waals surface area contributed by atoms with Gasteiger partial charge < -0.3 is 5.32 Å². The molecule has 0 fully saturated rings. The summed E-state index contributed by atoms with van der Waals surface area (Å²) in [5.74, 6) is 0. The molecule has 0 aliphatic carbocycles. The molecule has 0 unspecified atom stereocenters. The second-order valence-corrected chi connectivity index (χ2v) is 3.47. The minimum Gasteiger partial charge on any atom is -0.346 e. The van der Waals surface area contributed by atoms with E-state index in [4.69, 9.17) is 0 Å². The van der Waals surface area contributed by atoms with Crippen molar-refractivity contribution in [1.82, 2.24) is 0 Å². The molecule has 0 saturated heterocycles. The molecule has 2 nitrogen and oxygen atoms in total. The summed E-state index contributed by atoms with van der Waals surface area (Å²) in [6, 6.07) is 16.4. The fraction of sp³-hybridized carbons (Fsp3) is 0. The molecule has 0 atom stereocenters. The highest BCUT2D eigenvalue weighted by atomic mass is 35.5. The monoisotopic (exact) mass is 230 g/mol. The van der Waals surface area contributed by atoms with Gasteiger partial charge in [-0.2, -0.15) is 0 Å². The number of hydrogen-bond donors (Lipinski definition) is 1. The minimum absolute atomic E-state index is 0. The van der Waals surface area contributed by atoms with Gasteiger partial charge in [0.05, 0.1) is 12.0 Å². The van der Waals surface area contributed by atoms with E-state index < -0.39 is 0 Å². The van der Waals surface area contributed by atoms with Crippen molar-refractivity contribution in [1.29, 1.82) is 0 Å². The van der Waals surface area contributed by atoms with Crippen LogP contribution in [0.25, 0.3) is 11.1 Å². The van der Waals surface area contributed by atoms with Gasteiger partial charge in [-0.1, -0.05) is 36.4 Å². The van der Waals surface area contributed by atoms with Crippen molar-refractivity contribution in [2.24, 2.45) is 4.99 Å². The standard InChI is InChI=1S/C13H10N2.ClH/c1-3-7-12-10(5-1)11-6-2-4-8-13(11)15-9-14-12;/h1-9H,(H,14,15);1H. The third-order valence-electron chi connectivity index (χ3n) is 2.54. The first-order chi connectivity index (χ1) is 7.45. The van der Waals surface area contributed by atoms with Gasteiger partial charge >= 0.3 is 0 Å². The molecular weight excluding hydrogens is 220 g/mol. The molecule has 2 aromatic carbocycles. The first-order valence-electron chi connectivity index (χ1n) is 4.93. The van der Waals surface area contributed by atoms with Crippen LogP contribution in [0.4, 0.5) is 11.4 Å². The SMILES string of the molecule is C1=Nc2ccccc2-c2ccccc2N1.Cl. The highest BCUT2D eigenvalue weighted by Crippen LogP contribution is 2.36. The van der Waals surface area contributed by atoms with Crippen molar-refractivity contribution in [2.45, 2.75) is 0 Å². The van der Waals surface area contributed by atoms with Gasteiger partial charge in [-0.15, -0.1) is 12.4 Å². The predicted octanol–water partition coefficient (Wildman–Crippen LogP) is 3.86. The molecule has 0 radical (unpaired) electrons. The number of para-hydroxylation sites is 2. The summed E-state index contributed by atoms with van der Waals surface area (Å²) >= 11 is 0. The average molecular weight is 231 g/mol. The van der Waals surface area contributed by atoms with Crippen LogP contribution < -0.4 is 5.32 Å². The Hall–Kier alpha value is -1.80. The smallest absolute Gasteiger partial charge is 0.0930 e. The lowest BCUT2D eigenvalue weighted by Crippen LogP contribution is -1.93. The van der Waals surface area contributed by atoms with Crippen molar-refractivity contribution >= 4 is 30.1 Å². The van der Waals surface area contributed by atoms with E-state index in [-0.39, 0.29) is 12.4 Å². The first-order valence-corrected chi connectivity index (χ1v) is 4.93. The van der Waals surface area contributed by atoms with Crippen LogP contribution in [0.1, 0.15) is 0 Å². The molecule has 0 saturated carbocycles. The van der Waals surface area contributed by atoms with Gasteiger partial charge in [0.25, 0.3) is 0 Å². The van der Waals surface area contributed by atoms with Gasteiger partial charge in [-0.3, -0.25) is 0 Å². The van der Waals surface area contributed by atoms with Gasteiger partial charge in [0.15, 0.2) is 0 Å². The van der Waals surface area contributed by atoms with E-state index in [2.05, 4.69) is 28.5 Å². The van der Waals surface area contributed by atoms with Crippen LogP contribution in [0.3, 0.4) is 0 Å². The van der Waals surface area contributed by atoms with E-state index in [1.165, 1.54) is 11.1 Å². The highest BCUT2D eigenvalue weighted by Gasteiger charge is 2.09. The number of hydrogen-bond acceptors (Lipinski definition) is 2. The topological polar surface area (TPSA) is 24.4 Å². The maximum absolute atomic E-state index is 4.37. The molecular formula is C13H11ClN2. The molecule has 2 aromatic rings. The van der Waals surface area contributed by atoms with Crippen LogP contribution in [0.15, 0.2) is 53.5 Å². The summed E-state index contributed by atoms with van der Waals surface area (Å²) in [5, 5.41) is 3.18. The van der Waals surface area contributed by atoms with E-state index in [0.717, 1.165) is 11.4 Å². The van der Waals surface area contributed by atoms with Gasteiger partial charge in [-0.25, -0.2) is 4.99 Å². The van der Waals surface area contributed by atoms with Gasteiger partial charge in [-0.05, 0) is 12.1 Å². The Kier molecular flexibility index (Phi) is 2.93. The normalized spacial score (nSPS) is 11.5. The third kappa shape index (κ3) is 1.68. The molecule has 16 heavy (non-hydrogen) atoms. The molecule has 0 amide bonds. The van der Waals surface area contributed by atoms with Crippen LogP contribution >= 0.6 is 12.4 Å². The molecule has 0 spiro atoms. The van der Waals surface area contributed by atoms with Crippen LogP contribution in [-0.4, -0.2) is 6.34 Å². The molecule has 1 aliphatic rings. The summed E-state index contributed by atoms with van der Waals surface area (Å²) < 4.78 is 0. The molecule has 1 N–H and O–H groups in total. The Morgan fingerprint density at radius 3 is 2.38 bits per heavy atom. The zero-order chi connectivity index (χ0) is 10.1. The fourth-order valence-electron chi connectivity index (χ4n) is 1.83. The number of benzene rings is 2. The number of halogens is 1. The lowest BCUT2D eigenvalue weighted by molar-refractivity contribution is 1.54. The van der Waals surface area contributed by atoms with Crippen molar-refractivity contribution in [3.8, 4) is 11.1 Å². The van der Waals surface area contributed by atoms with Crippen molar-refractivity contribution in [3.05, 3.63) is 48.5 Å². The van der Waals surface area contributed by atoms with E-state index in [1.54, 1.807) is 6.34 Å². The molecule has 3 rings (SSSR count). The van der Waals surface area contributed by atoms with E-state index in [1.807, 2.05) is 30.3 Å². The van der Waals surface area contributed by atoms with Gasteiger partial charge in [0.1, 0.15) is 0 Å². The number of aliphatic imine (C=N–C) groups is 1. The Morgan fingerprint density at radius 1 is 0.812 bits per heavy atom. The number of rotatable bonds is 0. The Labute approximate surface area is 100 Å². The van der Waals surface area contributed by atoms with Crippen molar-refractivity contribution < 1.29 is 0 Å². The summed E-state index contributed by atoms with van der Waals surface area (Å²) in [6.07, 6.45) is 1.74. The maximum atomic E-state index is 4.37. The second kappa shape index (κ2) is 4.37. The fourth-order valence-corrected chi connectivity index (χ4v) is 1.83. The van der Waals surface area contributed by atoms with Crippen LogP contribution in [-0.2, 0) is 0 Å². The lowest BCUT2D eigenvalue weighted by atomic mass is 10.0. The largest absolute Gasteiger partial charge is 0.346 e. The quantitative estimate of drug-likeness (QED) is 0.730. The van der Waals surface area contributed by atoms with E-state index in [9.17, 15) is 0 Å². The highest BCUT2D eigenvalue weighted by molar-refractivity contribution is 5.94. The van der Waals surface area contributed by atoms with Crippen molar-refractivity contribution in [3.63, 3.8) is 0 Å². The number of anilines is 1. The zero-order valence-electron chi connectivity index (χ0n) is 8.55. The van der Waals surface area contributed by atoms with Crippen molar-refractivity contribution in [2.75, 3.05) is 5.32 Å². The predicted molar refractivity (Wildman–Crippen MR) is 70.9 cm³/mol. The molecule has 1 heterocycles. The van der Waals surface area contributed by atoms with E-state index >= 15 is 0 Å². The minimum atomic E-state index is 0. The van der Waals surface area contributed by atoms with Crippen LogP contribution in [0.2, 0.25) is 0 Å². The zero-order valence-corrected chi connectivity index (χ0v) is 9.37. The summed E-state index contributed by atoms with van der Waals surface area (Å²) in [6.45, 7) is 0. The number of nitrogens with zero attached hydrogens (tertiary/aromatic N) is 1. The second-order valence-electron chi connectivity index (χ2n) is 3.47. The Balaban J connectivity index is 0.000000963. The molecule has 80 valence electrons.